The fraction of sp³-hybridized carbons (Fsp3) is 0.263. The molecule has 6 nitrogen and oxygen atoms in total. The third-order valence-corrected chi connectivity index (χ3v) is 4.71. The van der Waals surface area contributed by atoms with E-state index in [-0.39, 0.29) is 5.76 Å². The molecule has 3 heterocycles. The number of benzene rings is 1. The first-order chi connectivity index (χ1) is 12.7. The topological polar surface area (TPSA) is 67.6 Å². The third kappa shape index (κ3) is 3.44. The van der Waals surface area contributed by atoms with Crippen molar-refractivity contribution in [1.82, 2.24) is 15.2 Å². The average molecular weight is 372 g/mol. The van der Waals surface area contributed by atoms with E-state index in [1.807, 2.05) is 18.2 Å². The van der Waals surface area contributed by atoms with Crippen LogP contribution in [0, 0.1) is 0 Å². The second kappa shape index (κ2) is 7.45. The highest BCUT2D eigenvalue weighted by atomic mass is 35.5. The molecular formula is C19H18ClN3O3. The van der Waals surface area contributed by atoms with Crippen LogP contribution in [0.5, 0.6) is 5.75 Å². The van der Waals surface area contributed by atoms with Crippen LogP contribution in [-0.4, -0.2) is 42.0 Å². The highest BCUT2D eigenvalue weighted by Gasteiger charge is 2.21. The Balaban J connectivity index is 1.74. The van der Waals surface area contributed by atoms with E-state index in [1.54, 1.807) is 18.3 Å². The predicted octanol–water partition coefficient (Wildman–Crippen LogP) is 3.11. The number of furan rings is 1. The van der Waals surface area contributed by atoms with Gasteiger partial charge >= 0.3 is 5.97 Å². The molecule has 7 heteroatoms. The Morgan fingerprint density at radius 2 is 2.15 bits per heavy atom. The highest BCUT2D eigenvalue weighted by Crippen LogP contribution is 2.35. The Labute approximate surface area is 155 Å². The molecule has 1 aliphatic heterocycles. The lowest BCUT2D eigenvalue weighted by atomic mass is 10.1. The molecule has 1 saturated heterocycles. The molecule has 0 unspecified atom stereocenters. The van der Waals surface area contributed by atoms with Gasteiger partial charge in [0.05, 0.1) is 11.3 Å². The minimum absolute atomic E-state index is 0.150. The van der Waals surface area contributed by atoms with Crippen LogP contribution in [0.1, 0.15) is 16.1 Å². The number of hydrogen-bond acceptors (Lipinski definition) is 6. The minimum atomic E-state index is -0.550. The van der Waals surface area contributed by atoms with Gasteiger partial charge in [0.25, 0.3) is 0 Å². The van der Waals surface area contributed by atoms with Gasteiger partial charge in [-0.15, -0.1) is 0 Å². The lowest BCUT2D eigenvalue weighted by molar-refractivity contribution is 0.0700. The van der Waals surface area contributed by atoms with E-state index in [4.69, 9.17) is 20.8 Å². The van der Waals surface area contributed by atoms with Crippen molar-refractivity contribution in [2.45, 2.75) is 6.54 Å². The summed E-state index contributed by atoms with van der Waals surface area (Å²) in [5.41, 5.74) is 1.41. The molecule has 0 amide bonds. The summed E-state index contributed by atoms with van der Waals surface area (Å²) in [5.74, 6) is 0.0351. The largest absolute Gasteiger partial charge is 0.457 e. The Morgan fingerprint density at radius 3 is 2.92 bits per heavy atom. The maximum atomic E-state index is 12.4. The molecule has 0 radical (unpaired) electrons. The lowest BCUT2D eigenvalue weighted by Gasteiger charge is -2.28. The third-order valence-electron chi connectivity index (χ3n) is 4.39. The van der Waals surface area contributed by atoms with Gasteiger partial charge in [-0.3, -0.25) is 9.88 Å². The minimum Gasteiger partial charge on any atom is -0.457 e. The van der Waals surface area contributed by atoms with Crippen LogP contribution in [0.15, 0.2) is 47.2 Å². The van der Waals surface area contributed by atoms with Gasteiger partial charge in [-0.2, -0.15) is 0 Å². The Bertz CT molecular complexity index is 921. The van der Waals surface area contributed by atoms with E-state index in [1.165, 1.54) is 6.26 Å². The summed E-state index contributed by atoms with van der Waals surface area (Å²) >= 11 is 6.46. The van der Waals surface area contributed by atoms with E-state index in [2.05, 4.69) is 15.2 Å². The lowest BCUT2D eigenvalue weighted by Crippen LogP contribution is -2.42. The summed E-state index contributed by atoms with van der Waals surface area (Å²) in [6, 6.07) is 8.75. The summed E-state index contributed by atoms with van der Waals surface area (Å²) in [5, 5.41) is 4.67. The van der Waals surface area contributed by atoms with Gasteiger partial charge in [-0.1, -0.05) is 11.6 Å². The zero-order valence-corrected chi connectivity index (χ0v) is 14.8. The summed E-state index contributed by atoms with van der Waals surface area (Å²) in [7, 11) is 0. The van der Waals surface area contributed by atoms with Gasteiger partial charge in [0.15, 0.2) is 5.75 Å². The number of carbonyl (C=O) groups is 1. The number of rotatable bonds is 4. The summed E-state index contributed by atoms with van der Waals surface area (Å²) in [6.07, 6.45) is 3.11. The van der Waals surface area contributed by atoms with Crippen LogP contribution in [-0.2, 0) is 6.54 Å². The Kier molecular flexibility index (Phi) is 4.88. The quantitative estimate of drug-likeness (QED) is 0.561. The number of piperazine rings is 1. The van der Waals surface area contributed by atoms with Crippen molar-refractivity contribution in [2.75, 3.05) is 26.2 Å². The fourth-order valence-electron chi connectivity index (χ4n) is 3.11. The molecule has 1 N–H and O–H groups in total. The molecule has 0 saturated carbocycles. The summed E-state index contributed by atoms with van der Waals surface area (Å²) < 4.78 is 10.9. The maximum Gasteiger partial charge on any atom is 0.379 e. The van der Waals surface area contributed by atoms with Crippen molar-refractivity contribution in [1.29, 1.82) is 0 Å². The van der Waals surface area contributed by atoms with Gasteiger partial charge in [-0.05, 0) is 30.3 Å². The van der Waals surface area contributed by atoms with Crippen LogP contribution >= 0.6 is 11.6 Å². The SMILES string of the molecule is O=C(Oc1c(CN2CCNCC2)cc(Cl)c2cccnc12)c1ccco1. The number of ether oxygens (including phenoxy) is 1. The molecular weight excluding hydrogens is 354 g/mol. The molecule has 0 spiro atoms. The van der Waals surface area contributed by atoms with Gasteiger partial charge in [0.2, 0.25) is 5.76 Å². The monoisotopic (exact) mass is 371 g/mol. The van der Waals surface area contributed by atoms with Crippen molar-refractivity contribution in [3.8, 4) is 5.75 Å². The number of nitrogens with zero attached hydrogens (tertiary/aromatic N) is 2. The zero-order chi connectivity index (χ0) is 17.9. The number of halogens is 1. The standard InChI is InChI=1S/C19H18ClN3O3/c20-15-11-13(12-23-8-6-21-7-9-23)18(17-14(15)3-1-5-22-17)26-19(24)16-4-2-10-25-16/h1-5,10-11,21H,6-9,12H2. The molecule has 1 aromatic carbocycles. The average Bonchev–Trinajstić information content (AvgIpc) is 3.20. The van der Waals surface area contributed by atoms with Crippen LogP contribution in [0.4, 0.5) is 0 Å². The molecule has 1 fully saturated rings. The molecule has 26 heavy (non-hydrogen) atoms. The van der Waals surface area contributed by atoms with E-state index in [0.717, 1.165) is 37.1 Å². The van der Waals surface area contributed by atoms with Crippen molar-refractivity contribution in [3.05, 3.63) is 59.1 Å². The zero-order valence-electron chi connectivity index (χ0n) is 14.1. The van der Waals surface area contributed by atoms with Crippen molar-refractivity contribution < 1.29 is 13.9 Å². The van der Waals surface area contributed by atoms with E-state index < -0.39 is 5.97 Å². The van der Waals surface area contributed by atoms with E-state index in [9.17, 15) is 4.79 Å². The van der Waals surface area contributed by atoms with Crippen LogP contribution in [0.25, 0.3) is 10.9 Å². The van der Waals surface area contributed by atoms with Gasteiger partial charge in [-0.25, -0.2) is 4.79 Å². The number of carbonyl (C=O) groups excluding carboxylic acids is 1. The molecule has 134 valence electrons. The molecule has 0 aliphatic carbocycles. The van der Waals surface area contributed by atoms with Gasteiger partial charge in [0, 0.05) is 49.9 Å². The van der Waals surface area contributed by atoms with Gasteiger partial charge < -0.3 is 14.5 Å². The molecule has 4 rings (SSSR count). The maximum absolute atomic E-state index is 12.4. The number of hydrogen-bond donors (Lipinski definition) is 1. The molecule has 2 aromatic heterocycles. The Hall–Kier alpha value is -2.41. The first-order valence-corrected chi connectivity index (χ1v) is 8.85. The highest BCUT2D eigenvalue weighted by molar-refractivity contribution is 6.35. The van der Waals surface area contributed by atoms with Gasteiger partial charge in [0.1, 0.15) is 5.52 Å². The normalized spacial score (nSPS) is 15.3. The molecule has 1 aliphatic rings. The number of fused-ring (bicyclic) bond motifs is 1. The second-order valence-corrected chi connectivity index (χ2v) is 6.55. The van der Waals surface area contributed by atoms with Crippen molar-refractivity contribution in [3.63, 3.8) is 0 Å². The smallest absolute Gasteiger partial charge is 0.379 e. The van der Waals surface area contributed by atoms with E-state index >= 15 is 0 Å². The second-order valence-electron chi connectivity index (χ2n) is 6.14. The van der Waals surface area contributed by atoms with Crippen molar-refractivity contribution in [2.24, 2.45) is 0 Å². The van der Waals surface area contributed by atoms with Crippen LogP contribution in [0.2, 0.25) is 5.02 Å². The molecule has 0 atom stereocenters. The van der Waals surface area contributed by atoms with Crippen LogP contribution < -0.4 is 10.1 Å². The fourth-order valence-corrected chi connectivity index (χ4v) is 3.39. The molecule has 3 aromatic rings. The molecule has 0 bridgehead atoms. The summed E-state index contributed by atoms with van der Waals surface area (Å²) in [6.45, 7) is 4.34. The number of pyridine rings is 1. The number of esters is 1. The Morgan fingerprint density at radius 1 is 1.31 bits per heavy atom. The number of aromatic nitrogens is 1. The van der Waals surface area contributed by atoms with Crippen molar-refractivity contribution >= 4 is 28.5 Å². The summed E-state index contributed by atoms with van der Waals surface area (Å²) in [4.78, 5) is 19.1. The first kappa shape index (κ1) is 17.0. The van der Waals surface area contributed by atoms with E-state index in [0.29, 0.717) is 22.8 Å². The first-order valence-electron chi connectivity index (χ1n) is 8.47. The van der Waals surface area contributed by atoms with Crippen LogP contribution in [0.3, 0.4) is 0 Å². The predicted molar refractivity (Wildman–Crippen MR) is 98.6 cm³/mol. The number of nitrogens with one attached hydrogen (secondary N) is 1.